The van der Waals surface area contributed by atoms with Crippen molar-refractivity contribution in [3.05, 3.63) is 57.8 Å². The van der Waals surface area contributed by atoms with Crippen LogP contribution in [0, 0.1) is 20.8 Å². The average Bonchev–Trinajstić information content (AvgIpc) is 3.19. The average molecular weight is 384 g/mol. The first-order chi connectivity index (χ1) is 12.9. The number of aromatic nitrogens is 1. The first-order valence-corrected chi connectivity index (χ1v) is 9.34. The minimum Gasteiger partial charge on any atom is -0.462 e. The fourth-order valence-corrected chi connectivity index (χ4v) is 3.70. The van der Waals surface area contributed by atoms with Crippen molar-refractivity contribution in [1.82, 2.24) is 5.16 Å². The Balaban J connectivity index is 1.98. The number of thiophene rings is 1. The molecule has 0 atom stereocenters. The largest absolute Gasteiger partial charge is 0.462 e. The molecular formula is C20H20N2O4S. The number of ether oxygens (including phenoxy) is 1. The number of aryl methyl sites for hydroxylation is 3. The molecule has 1 N–H and O–H groups in total. The van der Waals surface area contributed by atoms with Gasteiger partial charge in [-0.15, -0.1) is 11.3 Å². The van der Waals surface area contributed by atoms with Crippen molar-refractivity contribution in [2.45, 2.75) is 27.7 Å². The maximum atomic E-state index is 12.7. The van der Waals surface area contributed by atoms with Crippen molar-refractivity contribution in [1.29, 1.82) is 0 Å². The van der Waals surface area contributed by atoms with Crippen LogP contribution >= 0.6 is 11.3 Å². The summed E-state index contributed by atoms with van der Waals surface area (Å²) in [5.74, 6) is -0.406. The molecule has 0 saturated carbocycles. The molecule has 0 aliphatic carbocycles. The van der Waals surface area contributed by atoms with Gasteiger partial charge in [-0.3, -0.25) is 4.79 Å². The number of amides is 1. The summed E-state index contributed by atoms with van der Waals surface area (Å²) in [7, 11) is 0. The summed E-state index contributed by atoms with van der Waals surface area (Å²) in [4.78, 5) is 26.3. The highest BCUT2D eigenvalue weighted by Gasteiger charge is 2.23. The Labute approximate surface area is 161 Å². The molecule has 0 fully saturated rings. The molecule has 1 aromatic carbocycles. The van der Waals surface area contributed by atoms with E-state index in [1.54, 1.807) is 26.8 Å². The standard InChI is InChI=1S/C20H20N2O4S/c1-5-25-20(24)18-15(21-19(23)17-12(3)22-26-13(17)4)10-16(27-18)14-8-6-11(2)7-9-14/h6-10H,5H2,1-4H3,(H,21,23). The summed E-state index contributed by atoms with van der Waals surface area (Å²) in [5.41, 5.74) is 3.39. The van der Waals surface area contributed by atoms with Gasteiger partial charge in [0.1, 0.15) is 16.2 Å². The van der Waals surface area contributed by atoms with Crippen molar-refractivity contribution < 1.29 is 18.8 Å². The summed E-state index contributed by atoms with van der Waals surface area (Å²) in [5, 5.41) is 6.61. The Kier molecular flexibility index (Phi) is 5.41. The van der Waals surface area contributed by atoms with Crippen LogP contribution in [0.4, 0.5) is 5.69 Å². The van der Waals surface area contributed by atoms with E-state index in [1.165, 1.54) is 11.3 Å². The lowest BCUT2D eigenvalue weighted by Gasteiger charge is -2.05. The fraction of sp³-hybridized carbons (Fsp3) is 0.250. The quantitative estimate of drug-likeness (QED) is 0.642. The zero-order chi connectivity index (χ0) is 19.6. The second kappa shape index (κ2) is 7.75. The summed E-state index contributed by atoms with van der Waals surface area (Å²) in [6, 6.07) is 9.76. The van der Waals surface area contributed by atoms with Crippen LogP contribution in [0.15, 0.2) is 34.9 Å². The van der Waals surface area contributed by atoms with E-state index in [2.05, 4.69) is 10.5 Å². The number of nitrogens with one attached hydrogen (secondary N) is 1. The van der Waals surface area contributed by atoms with E-state index in [4.69, 9.17) is 9.26 Å². The summed E-state index contributed by atoms with van der Waals surface area (Å²) < 4.78 is 10.2. The number of nitrogens with zero attached hydrogens (tertiary/aromatic N) is 1. The van der Waals surface area contributed by atoms with Gasteiger partial charge in [0.15, 0.2) is 0 Å². The molecule has 1 amide bonds. The van der Waals surface area contributed by atoms with Gasteiger partial charge in [0.2, 0.25) is 0 Å². The second-order valence-electron chi connectivity index (χ2n) is 6.09. The number of benzene rings is 1. The van der Waals surface area contributed by atoms with E-state index in [0.29, 0.717) is 27.6 Å². The van der Waals surface area contributed by atoms with Gasteiger partial charge in [-0.1, -0.05) is 35.0 Å². The molecule has 0 bridgehead atoms. The first-order valence-electron chi connectivity index (χ1n) is 8.53. The summed E-state index contributed by atoms with van der Waals surface area (Å²) in [6.45, 7) is 7.38. The minimum absolute atomic E-state index is 0.258. The van der Waals surface area contributed by atoms with Crippen LogP contribution in [-0.4, -0.2) is 23.6 Å². The molecule has 0 spiro atoms. The SMILES string of the molecule is CCOC(=O)c1sc(-c2ccc(C)cc2)cc1NC(=O)c1c(C)noc1C. The molecule has 2 aromatic heterocycles. The molecule has 6 nitrogen and oxygen atoms in total. The van der Waals surface area contributed by atoms with Crippen molar-refractivity contribution in [2.75, 3.05) is 11.9 Å². The van der Waals surface area contributed by atoms with Gasteiger partial charge in [0, 0.05) is 4.88 Å². The number of carbonyl (C=O) groups excluding carboxylic acids is 2. The fourth-order valence-electron chi connectivity index (χ4n) is 2.68. The van der Waals surface area contributed by atoms with Crippen LogP contribution in [0.5, 0.6) is 0 Å². The van der Waals surface area contributed by atoms with Crippen molar-refractivity contribution in [3.63, 3.8) is 0 Å². The normalized spacial score (nSPS) is 10.7. The number of anilines is 1. The third kappa shape index (κ3) is 3.93. The summed E-state index contributed by atoms with van der Waals surface area (Å²) in [6.07, 6.45) is 0. The van der Waals surface area contributed by atoms with E-state index in [9.17, 15) is 9.59 Å². The van der Waals surface area contributed by atoms with Gasteiger partial charge in [0.25, 0.3) is 5.91 Å². The summed E-state index contributed by atoms with van der Waals surface area (Å²) >= 11 is 1.29. The molecule has 0 aliphatic rings. The molecule has 140 valence electrons. The number of carbonyl (C=O) groups is 2. The zero-order valence-electron chi connectivity index (χ0n) is 15.6. The van der Waals surface area contributed by atoms with Crippen LogP contribution in [-0.2, 0) is 4.74 Å². The van der Waals surface area contributed by atoms with Crippen molar-refractivity contribution in [3.8, 4) is 10.4 Å². The molecule has 3 aromatic rings. The number of hydrogen-bond acceptors (Lipinski definition) is 6. The molecule has 0 aliphatic heterocycles. The maximum Gasteiger partial charge on any atom is 0.350 e. The van der Waals surface area contributed by atoms with E-state index in [-0.39, 0.29) is 12.5 Å². The number of hydrogen-bond donors (Lipinski definition) is 1. The Morgan fingerprint density at radius 2 is 1.89 bits per heavy atom. The topological polar surface area (TPSA) is 81.4 Å². The second-order valence-corrected chi connectivity index (χ2v) is 7.15. The monoisotopic (exact) mass is 384 g/mol. The molecule has 2 heterocycles. The van der Waals surface area contributed by atoms with E-state index in [0.717, 1.165) is 16.0 Å². The smallest absolute Gasteiger partial charge is 0.350 e. The lowest BCUT2D eigenvalue weighted by Crippen LogP contribution is -2.15. The molecule has 0 saturated heterocycles. The first kappa shape index (κ1) is 18.8. The third-order valence-electron chi connectivity index (χ3n) is 4.04. The number of esters is 1. The van der Waals surface area contributed by atoms with E-state index in [1.807, 2.05) is 31.2 Å². The third-order valence-corrected chi connectivity index (χ3v) is 5.20. The van der Waals surface area contributed by atoms with Gasteiger partial charge in [-0.2, -0.15) is 0 Å². The van der Waals surface area contributed by atoms with Crippen LogP contribution in [0.3, 0.4) is 0 Å². The van der Waals surface area contributed by atoms with Crippen LogP contribution in [0.2, 0.25) is 0 Å². The Morgan fingerprint density at radius 3 is 2.48 bits per heavy atom. The van der Waals surface area contributed by atoms with Crippen molar-refractivity contribution >= 4 is 28.9 Å². The Morgan fingerprint density at radius 1 is 1.19 bits per heavy atom. The highest BCUT2D eigenvalue weighted by Crippen LogP contribution is 2.36. The molecule has 0 unspecified atom stereocenters. The molecule has 0 radical (unpaired) electrons. The van der Waals surface area contributed by atoms with Crippen molar-refractivity contribution in [2.24, 2.45) is 0 Å². The van der Waals surface area contributed by atoms with Crippen LogP contribution in [0.25, 0.3) is 10.4 Å². The Bertz CT molecular complexity index is 967. The molecule has 7 heteroatoms. The lowest BCUT2D eigenvalue weighted by molar-refractivity contribution is 0.0533. The van der Waals surface area contributed by atoms with Gasteiger partial charge < -0.3 is 14.6 Å². The van der Waals surface area contributed by atoms with E-state index < -0.39 is 5.97 Å². The van der Waals surface area contributed by atoms with Gasteiger partial charge in [-0.25, -0.2) is 4.79 Å². The molecular weight excluding hydrogens is 364 g/mol. The predicted octanol–water partition coefficient (Wildman–Crippen LogP) is 4.76. The van der Waals surface area contributed by atoms with Gasteiger partial charge in [-0.05, 0) is 39.3 Å². The lowest BCUT2D eigenvalue weighted by atomic mass is 10.1. The number of rotatable bonds is 5. The van der Waals surface area contributed by atoms with Crippen LogP contribution < -0.4 is 5.32 Å². The Hall–Kier alpha value is -2.93. The highest BCUT2D eigenvalue weighted by molar-refractivity contribution is 7.18. The van der Waals surface area contributed by atoms with Crippen LogP contribution in [0.1, 0.15) is 44.0 Å². The predicted molar refractivity (Wildman–Crippen MR) is 104 cm³/mol. The maximum absolute atomic E-state index is 12.7. The van der Waals surface area contributed by atoms with Gasteiger partial charge >= 0.3 is 5.97 Å². The molecule has 3 rings (SSSR count). The van der Waals surface area contributed by atoms with Gasteiger partial charge in [0.05, 0.1) is 18.0 Å². The highest BCUT2D eigenvalue weighted by atomic mass is 32.1. The van der Waals surface area contributed by atoms with E-state index >= 15 is 0 Å². The minimum atomic E-state index is -0.463. The molecule has 27 heavy (non-hydrogen) atoms. The zero-order valence-corrected chi connectivity index (χ0v) is 16.4.